The van der Waals surface area contributed by atoms with E-state index in [4.69, 9.17) is 0 Å². The zero-order valence-electron chi connectivity index (χ0n) is 12.3. The molecule has 3 aromatic rings. The number of benzene rings is 3. The average Bonchev–Trinajstić information content (AvgIpc) is 2.57. The van der Waals surface area contributed by atoms with Crippen molar-refractivity contribution in [1.29, 1.82) is 0 Å². The van der Waals surface area contributed by atoms with Crippen LogP contribution in [0.1, 0.15) is 0 Å². The molecular formula is C18H18NaO3PS. The van der Waals surface area contributed by atoms with E-state index in [2.05, 4.69) is 0 Å². The van der Waals surface area contributed by atoms with Crippen LogP contribution in [0.2, 0.25) is 0 Å². The van der Waals surface area contributed by atoms with Gasteiger partial charge in [-0.3, -0.25) is 0 Å². The monoisotopic (exact) mass is 368 g/mol. The molecule has 0 aliphatic heterocycles. The molecule has 3 nitrogen and oxygen atoms in total. The third-order valence-electron chi connectivity index (χ3n) is 3.93. The Balaban J connectivity index is 0.00000208. The molecule has 0 spiro atoms. The van der Waals surface area contributed by atoms with E-state index >= 15 is 0 Å². The summed E-state index contributed by atoms with van der Waals surface area (Å²) in [7, 11) is -4.35. The summed E-state index contributed by atoms with van der Waals surface area (Å²) in [5.41, 5.74) is 0. The van der Waals surface area contributed by atoms with E-state index in [9.17, 15) is 13.0 Å². The summed E-state index contributed by atoms with van der Waals surface area (Å²) in [4.78, 5) is 0. The summed E-state index contributed by atoms with van der Waals surface area (Å²) in [5, 5.41) is 1.92. The van der Waals surface area contributed by atoms with Crippen LogP contribution in [0.3, 0.4) is 0 Å². The second-order valence-corrected chi connectivity index (χ2v) is 12.7. The Hall–Kier alpha value is -1.000. The Labute approximate surface area is 164 Å². The fourth-order valence-corrected chi connectivity index (χ4v) is 10.8. The predicted molar refractivity (Wildman–Crippen MR) is 105 cm³/mol. The molecule has 3 rings (SSSR count). The molecule has 120 valence electrons. The zero-order chi connectivity index (χ0) is 16.3. The Kier molecular flexibility index (Phi) is 6.38. The zero-order valence-corrected chi connectivity index (χ0v) is 14.1. The van der Waals surface area contributed by atoms with Gasteiger partial charge in [0.15, 0.2) is 0 Å². The van der Waals surface area contributed by atoms with Crippen LogP contribution in [0.4, 0.5) is 0 Å². The molecule has 1 N–H and O–H groups in total. The standard InChI is InChI=1S/C18H17O3PS.Na.H/c19-23(20,21)22(16-10-4-1-5-11-16,17-12-6-2-7-13-17)18-14-8-3-9-15-18;;/h1-15,22H,(H,19,20,21);;. The van der Waals surface area contributed by atoms with Crippen molar-refractivity contribution in [3.63, 3.8) is 0 Å². The third-order valence-corrected chi connectivity index (χ3v) is 12.6. The van der Waals surface area contributed by atoms with Gasteiger partial charge in [-0.1, -0.05) is 0 Å². The van der Waals surface area contributed by atoms with E-state index in [0.29, 0.717) is 15.9 Å². The van der Waals surface area contributed by atoms with Crippen LogP contribution >= 0.6 is 6.46 Å². The van der Waals surface area contributed by atoms with Crippen LogP contribution in [0.25, 0.3) is 0 Å². The van der Waals surface area contributed by atoms with Gasteiger partial charge in [-0.25, -0.2) is 0 Å². The first kappa shape index (κ1) is 19.3. The van der Waals surface area contributed by atoms with Crippen LogP contribution in [-0.4, -0.2) is 42.5 Å². The molecule has 0 radical (unpaired) electrons. The molecule has 0 saturated heterocycles. The van der Waals surface area contributed by atoms with Crippen molar-refractivity contribution in [2.45, 2.75) is 0 Å². The molecule has 6 heteroatoms. The van der Waals surface area contributed by atoms with E-state index in [1.807, 2.05) is 18.2 Å². The molecule has 0 fully saturated rings. The van der Waals surface area contributed by atoms with Gasteiger partial charge < -0.3 is 0 Å². The van der Waals surface area contributed by atoms with Gasteiger partial charge in [-0.2, -0.15) is 0 Å². The molecule has 3 aromatic carbocycles. The second-order valence-electron chi connectivity index (χ2n) is 5.25. The third kappa shape index (κ3) is 3.36. The van der Waals surface area contributed by atoms with Crippen molar-refractivity contribution in [3.8, 4) is 0 Å². The fraction of sp³-hybridized carbons (Fsp3) is 0. The molecular weight excluding hydrogens is 350 g/mol. The Morgan fingerprint density at radius 3 is 1.04 bits per heavy atom. The molecule has 0 atom stereocenters. The van der Waals surface area contributed by atoms with Gasteiger partial charge in [-0.15, -0.1) is 0 Å². The van der Waals surface area contributed by atoms with Crippen molar-refractivity contribution in [2.75, 3.05) is 0 Å². The quantitative estimate of drug-likeness (QED) is 0.435. The summed E-state index contributed by atoms with van der Waals surface area (Å²) in [6.45, 7) is -3.60. The first-order chi connectivity index (χ1) is 11.1. The molecule has 0 aliphatic carbocycles. The molecule has 0 bridgehead atoms. The van der Waals surface area contributed by atoms with E-state index in [-0.39, 0.29) is 29.6 Å². The van der Waals surface area contributed by atoms with Gasteiger partial charge >= 0.3 is 166 Å². The van der Waals surface area contributed by atoms with Crippen LogP contribution in [-0.2, 0) is 9.74 Å². The first-order valence-electron chi connectivity index (χ1n) is 7.20. The summed E-state index contributed by atoms with van der Waals surface area (Å²) in [5.74, 6) is 0. The number of rotatable bonds is 4. The van der Waals surface area contributed by atoms with Gasteiger partial charge in [0.05, 0.1) is 0 Å². The van der Waals surface area contributed by atoms with Crippen molar-refractivity contribution in [1.82, 2.24) is 0 Å². The van der Waals surface area contributed by atoms with Crippen molar-refractivity contribution in [3.05, 3.63) is 91.0 Å². The number of hydrogen-bond donors (Lipinski definition) is 1. The SMILES string of the molecule is O=S(=O)(O)[PH](c1ccccc1)(c1ccccc1)c1ccccc1.[NaH]. The van der Waals surface area contributed by atoms with E-state index in [1.54, 1.807) is 72.8 Å². The van der Waals surface area contributed by atoms with E-state index in [0.717, 1.165) is 0 Å². The second kappa shape index (κ2) is 7.92. The Morgan fingerprint density at radius 1 is 0.583 bits per heavy atom. The summed E-state index contributed by atoms with van der Waals surface area (Å²) in [6.07, 6.45) is 0. The van der Waals surface area contributed by atoms with Crippen molar-refractivity contribution in [2.24, 2.45) is 0 Å². The van der Waals surface area contributed by atoms with Gasteiger partial charge in [0.1, 0.15) is 0 Å². The molecule has 0 aromatic heterocycles. The van der Waals surface area contributed by atoms with Crippen LogP contribution in [0.15, 0.2) is 91.0 Å². The van der Waals surface area contributed by atoms with Gasteiger partial charge in [0.2, 0.25) is 0 Å². The first-order valence-corrected chi connectivity index (χ1v) is 11.4. The normalized spacial score (nSPS) is 12.2. The molecule has 24 heavy (non-hydrogen) atoms. The van der Waals surface area contributed by atoms with Gasteiger partial charge in [-0.05, 0) is 0 Å². The Morgan fingerprint density at radius 2 is 0.833 bits per heavy atom. The maximum atomic E-state index is 12.7. The summed E-state index contributed by atoms with van der Waals surface area (Å²) in [6, 6.07) is 27.0. The topological polar surface area (TPSA) is 54.4 Å². The van der Waals surface area contributed by atoms with Crippen LogP contribution < -0.4 is 15.9 Å². The fourth-order valence-electron chi connectivity index (χ4n) is 2.97. The van der Waals surface area contributed by atoms with Crippen LogP contribution in [0.5, 0.6) is 0 Å². The predicted octanol–water partition coefficient (Wildman–Crippen LogP) is 1.87. The van der Waals surface area contributed by atoms with Gasteiger partial charge in [0, 0.05) is 0 Å². The molecule has 0 heterocycles. The average molecular weight is 368 g/mol. The van der Waals surface area contributed by atoms with E-state index in [1.165, 1.54) is 0 Å². The van der Waals surface area contributed by atoms with Crippen molar-refractivity contribution >= 4 is 61.7 Å². The summed E-state index contributed by atoms with van der Waals surface area (Å²) >= 11 is 0. The molecule has 0 unspecified atom stereocenters. The molecule has 0 saturated carbocycles. The van der Waals surface area contributed by atoms with Crippen LogP contribution in [0, 0.1) is 0 Å². The van der Waals surface area contributed by atoms with E-state index < -0.39 is 16.2 Å². The number of hydrogen-bond acceptors (Lipinski definition) is 2. The minimum absolute atomic E-state index is 0. The summed E-state index contributed by atoms with van der Waals surface area (Å²) < 4.78 is 35.7. The maximum absolute atomic E-state index is 12.7. The van der Waals surface area contributed by atoms with Gasteiger partial charge in [0.25, 0.3) is 0 Å². The molecule has 0 aliphatic rings. The minimum atomic E-state index is -4.35. The molecule has 0 amide bonds. The van der Waals surface area contributed by atoms with Crippen molar-refractivity contribution < 1.29 is 13.0 Å². The Bertz CT molecular complexity index is 789.